The first kappa shape index (κ1) is 23.7. The van der Waals surface area contributed by atoms with Gasteiger partial charge in [-0.2, -0.15) is 0 Å². The Bertz CT molecular complexity index is 1420. The van der Waals surface area contributed by atoms with Crippen molar-refractivity contribution in [1.82, 2.24) is 19.9 Å². The molecule has 33 heavy (non-hydrogen) atoms. The third-order valence-electron chi connectivity index (χ3n) is 4.99. The highest BCUT2D eigenvalue weighted by Gasteiger charge is 2.18. The van der Waals surface area contributed by atoms with E-state index in [1.165, 1.54) is 13.8 Å². The van der Waals surface area contributed by atoms with Crippen LogP contribution in [0, 0.1) is 20.8 Å². The highest BCUT2D eigenvalue weighted by molar-refractivity contribution is 6.08. The summed E-state index contributed by atoms with van der Waals surface area (Å²) >= 11 is 0. The topological polar surface area (TPSA) is 146 Å². The highest BCUT2D eigenvalue weighted by atomic mass is 16.3. The third-order valence-corrected chi connectivity index (χ3v) is 4.99. The summed E-state index contributed by atoms with van der Waals surface area (Å²) in [6.07, 6.45) is 0. The number of aromatic nitrogens is 4. The van der Waals surface area contributed by atoms with Crippen LogP contribution in [0.2, 0.25) is 0 Å². The van der Waals surface area contributed by atoms with Gasteiger partial charge in [0.1, 0.15) is 22.5 Å². The van der Waals surface area contributed by atoms with Gasteiger partial charge in [-0.25, -0.2) is 9.97 Å². The van der Waals surface area contributed by atoms with Crippen molar-refractivity contribution in [3.8, 4) is 11.5 Å². The largest absolute Gasteiger partial charge is 0.505 e. The Morgan fingerprint density at radius 1 is 0.727 bits per heavy atom. The number of ketones is 2. The van der Waals surface area contributed by atoms with Crippen molar-refractivity contribution >= 4 is 33.6 Å². The summed E-state index contributed by atoms with van der Waals surface area (Å²) in [5.41, 5.74) is 4.39. The normalized spacial score (nSPS) is 10.7. The lowest BCUT2D eigenvalue weighted by Gasteiger charge is -2.09. The number of carbonyl (C=O) groups is 2. The first-order valence-corrected chi connectivity index (χ1v) is 10.1. The van der Waals surface area contributed by atoms with Gasteiger partial charge in [-0.1, -0.05) is 0 Å². The van der Waals surface area contributed by atoms with E-state index in [1.54, 1.807) is 32.0 Å². The summed E-state index contributed by atoms with van der Waals surface area (Å²) in [5.74, 6) is -0.863. The third kappa shape index (κ3) is 4.63. The van der Waals surface area contributed by atoms with Crippen molar-refractivity contribution in [2.24, 2.45) is 0 Å². The van der Waals surface area contributed by atoms with E-state index >= 15 is 0 Å². The Hall–Kier alpha value is -3.98. The number of carbonyl (C=O) groups excluding carboxylic acids is 2. The van der Waals surface area contributed by atoms with E-state index in [-0.39, 0.29) is 39.9 Å². The van der Waals surface area contributed by atoms with Crippen molar-refractivity contribution in [2.45, 2.75) is 41.2 Å². The number of Topliss-reactive ketones (excluding diaryl/α,β-unsaturated/α-hetero) is 2. The van der Waals surface area contributed by atoms with Gasteiger partial charge in [0.25, 0.3) is 0 Å². The number of rotatable bonds is 3. The summed E-state index contributed by atoms with van der Waals surface area (Å²) in [5, 5.41) is 28.8. The molecule has 0 aromatic carbocycles. The van der Waals surface area contributed by atoms with Crippen LogP contribution in [0.3, 0.4) is 0 Å². The van der Waals surface area contributed by atoms with Gasteiger partial charge in [-0.05, 0) is 58.9 Å². The van der Waals surface area contributed by atoms with E-state index < -0.39 is 6.61 Å². The summed E-state index contributed by atoms with van der Waals surface area (Å²) in [6, 6.07) is 7.10. The molecular weight excluding hydrogens is 424 g/mol. The number of fused-ring (bicyclic) bond motifs is 2. The minimum Gasteiger partial charge on any atom is -0.505 e. The maximum atomic E-state index is 11.6. The second kappa shape index (κ2) is 9.25. The standard InChI is InChI=1S/C12H12N2O3.C12H12N2O2/c1-6-3-4-8-11(13-6)10(7(2)16)12(17)9(5-15)14-8;1-6-4-5-9-11(13-6)10(8(3)15)12(16)7(2)14-9/h3-4,15,17H,5H2,1-2H3;4-5,16H,1-3H3. The van der Waals surface area contributed by atoms with Gasteiger partial charge in [0, 0.05) is 11.4 Å². The highest BCUT2D eigenvalue weighted by Crippen LogP contribution is 2.29. The van der Waals surface area contributed by atoms with Crippen LogP contribution in [0.5, 0.6) is 11.5 Å². The van der Waals surface area contributed by atoms with Crippen LogP contribution in [0.15, 0.2) is 24.3 Å². The SMILES string of the molecule is CC(=O)c1c(O)c(C)nc2ccc(C)nc12.CC(=O)c1c(O)c(CO)nc2ccc(C)nc12. The van der Waals surface area contributed by atoms with Gasteiger partial charge in [-0.3, -0.25) is 19.6 Å². The molecule has 0 aliphatic rings. The zero-order chi connectivity index (χ0) is 24.4. The molecule has 0 amide bonds. The number of aliphatic hydroxyl groups excluding tert-OH is 1. The number of aromatic hydroxyl groups is 2. The zero-order valence-corrected chi connectivity index (χ0v) is 19.0. The number of hydrogen-bond acceptors (Lipinski definition) is 9. The lowest BCUT2D eigenvalue weighted by Crippen LogP contribution is -2.03. The molecule has 3 N–H and O–H groups in total. The van der Waals surface area contributed by atoms with Crippen molar-refractivity contribution in [1.29, 1.82) is 0 Å². The number of nitrogens with zero attached hydrogens (tertiary/aromatic N) is 4. The molecule has 4 heterocycles. The number of aliphatic hydroxyl groups is 1. The fourth-order valence-electron chi connectivity index (χ4n) is 3.41. The van der Waals surface area contributed by atoms with Gasteiger partial charge in [0.05, 0.1) is 34.5 Å². The summed E-state index contributed by atoms with van der Waals surface area (Å²) in [4.78, 5) is 39.8. The van der Waals surface area contributed by atoms with Gasteiger partial charge >= 0.3 is 0 Å². The molecule has 9 heteroatoms. The van der Waals surface area contributed by atoms with Crippen LogP contribution in [0.1, 0.15) is 57.3 Å². The Morgan fingerprint density at radius 2 is 1.18 bits per heavy atom. The van der Waals surface area contributed by atoms with Crippen LogP contribution < -0.4 is 0 Å². The molecule has 0 atom stereocenters. The lowest BCUT2D eigenvalue weighted by atomic mass is 10.1. The molecule has 0 fully saturated rings. The molecule has 4 aromatic heterocycles. The van der Waals surface area contributed by atoms with Crippen LogP contribution in [-0.4, -0.2) is 46.8 Å². The van der Waals surface area contributed by atoms with Gasteiger partial charge in [-0.15, -0.1) is 0 Å². The summed E-state index contributed by atoms with van der Waals surface area (Å²) in [7, 11) is 0. The van der Waals surface area contributed by atoms with E-state index in [2.05, 4.69) is 19.9 Å². The molecule has 0 radical (unpaired) electrons. The van der Waals surface area contributed by atoms with Crippen LogP contribution in [-0.2, 0) is 6.61 Å². The lowest BCUT2D eigenvalue weighted by molar-refractivity contribution is 0.100. The maximum absolute atomic E-state index is 11.6. The van der Waals surface area contributed by atoms with Crippen molar-refractivity contribution in [3.05, 3.63) is 58.2 Å². The van der Waals surface area contributed by atoms with Crippen LogP contribution in [0.4, 0.5) is 0 Å². The second-order valence-electron chi connectivity index (χ2n) is 7.61. The number of hydrogen-bond donors (Lipinski definition) is 3. The van der Waals surface area contributed by atoms with Gasteiger partial charge < -0.3 is 15.3 Å². The van der Waals surface area contributed by atoms with E-state index in [0.717, 1.165) is 11.4 Å². The summed E-state index contributed by atoms with van der Waals surface area (Å²) in [6.45, 7) is 7.63. The Labute approximate surface area is 189 Å². The molecule has 0 saturated carbocycles. The van der Waals surface area contributed by atoms with Crippen molar-refractivity contribution in [2.75, 3.05) is 0 Å². The second-order valence-corrected chi connectivity index (χ2v) is 7.61. The minimum absolute atomic E-state index is 0.0712. The Balaban J connectivity index is 0.000000186. The van der Waals surface area contributed by atoms with Gasteiger partial charge in [0.2, 0.25) is 0 Å². The number of aryl methyl sites for hydroxylation is 3. The predicted molar refractivity (Wildman–Crippen MR) is 123 cm³/mol. The fourth-order valence-corrected chi connectivity index (χ4v) is 3.41. The monoisotopic (exact) mass is 448 g/mol. The molecule has 4 aromatic rings. The molecule has 0 aliphatic carbocycles. The van der Waals surface area contributed by atoms with E-state index in [1.807, 2.05) is 13.0 Å². The predicted octanol–water partition coefficient (Wildman–Crippen LogP) is 3.49. The molecule has 170 valence electrons. The average Bonchev–Trinajstić information content (AvgIpc) is 2.74. The molecule has 0 aliphatic heterocycles. The molecule has 4 rings (SSSR count). The quantitative estimate of drug-likeness (QED) is 0.401. The minimum atomic E-state index is -0.421. The van der Waals surface area contributed by atoms with E-state index in [9.17, 15) is 19.8 Å². The van der Waals surface area contributed by atoms with E-state index in [0.29, 0.717) is 27.8 Å². The average molecular weight is 448 g/mol. The van der Waals surface area contributed by atoms with Crippen molar-refractivity contribution in [3.63, 3.8) is 0 Å². The van der Waals surface area contributed by atoms with E-state index in [4.69, 9.17) is 5.11 Å². The molecular formula is C24H24N4O5. The zero-order valence-electron chi connectivity index (χ0n) is 19.0. The molecule has 0 unspecified atom stereocenters. The molecule has 9 nitrogen and oxygen atoms in total. The molecule has 0 bridgehead atoms. The van der Waals surface area contributed by atoms with Crippen LogP contribution >= 0.6 is 0 Å². The molecule has 0 saturated heterocycles. The van der Waals surface area contributed by atoms with Crippen LogP contribution in [0.25, 0.3) is 22.1 Å². The molecule has 0 spiro atoms. The fraction of sp³-hybridized carbons (Fsp3) is 0.250. The van der Waals surface area contributed by atoms with Gasteiger partial charge in [0.15, 0.2) is 17.3 Å². The Kier molecular flexibility index (Phi) is 6.64. The first-order valence-electron chi connectivity index (χ1n) is 10.1. The maximum Gasteiger partial charge on any atom is 0.165 e. The first-order chi connectivity index (χ1) is 15.5. The Morgan fingerprint density at radius 3 is 1.64 bits per heavy atom. The number of pyridine rings is 4. The van der Waals surface area contributed by atoms with Crippen molar-refractivity contribution < 1.29 is 24.9 Å². The smallest absolute Gasteiger partial charge is 0.165 e. The summed E-state index contributed by atoms with van der Waals surface area (Å²) < 4.78 is 0.